The van der Waals surface area contributed by atoms with E-state index in [0.717, 1.165) is 28.7 Å². The van der Waals surface area contributed by atoms with Crippen molar-refractivity contribution in [2.45, 2.75) is 12.5 Å². The highest BCUT2D eigenvalue weighted by molar-refractivity contribution is 5.74. The molecule has 0 bridgehead atoms. The molecule has 20 heavy (non-hydrogen) atoms. The molecule has 3 N–H and O–H groups in total. The van der Waals surface area contributed by atoms with Crippen molar-refractivity contribution < 1.29 is 0 Å². The molecule has 1 aromatic carbocycles. The Morgan fingerprint density at radius 3 is 2.55 bits per heavy atom. The van der Waals surface area contributed by atoms with Gasteiger partial charge in [0.15, 0.2) is 0 Å². The fourth-order valence-corrected chi connectivity index (χ4v) is 2.20. The molecule has 0 radical (unpaired) electrons. The molecule has 0 amide bonds. The number of benzene rings is 1. The molecule has 2 aromatic heterocycles. The summed E-state index contributed by atoms with van der Waals surface area (Å²) in [5.74, 6) is 5.68. The first-order chi connectivity index (χ1) is 9.86. The van der Waals surface area contributed by atoms with Crippen LogP contribution in [0.1, 0.15) is 17.3 Å². The van der Waals surface area contributed by atoms with Gasteiger partial charge in [0, 0.05) is 30.7 Å². The van der Waals surface area contributed by atoms with Crippen LogP contribution >= 0.6 is 0 Å². The van der Waals surface area contributed by atoms with E-state index in [2.05, 4.69) is 20.4 Å². The van der Waals surface area contributed by atoms with Crippen LogP contribution in [-0.2, 0) is 6.42 Å². The van der Waals surface area contributed by atoms with Gasteiger partial charge in [0.2, 0.25) is 0 Å². The van der Waals surface area contributed by atoms with Gasteiger partial charge in [-0.1, -0.05) is 12.1 Å². The SMILES string of the molecule is NNC(Cc1ccccn1)c1ccc2nccnc2c1. The number of nitrogens with zero attached hydrogens (tertiary/aromatic N) is 3. The van der Waals surface area contributed by atoms with Crippen molar-refractivity contribution in [3.63, 3.8) is 0 Å². The minimum Gasteiger partial charge on any atom is -0.271 e. The van der Waals surface area contributed by atoms with Gasteiger partial charge < -0.3 is 0 Å². The number of aromatic nitrogens is 3. The van der Waals surface area contributed by atoms with E-state index in [1.807, 2.05) is 36.4 Å². The maximum Gasteiger partial charge on any atom is 0.0890 e. The van der Waals surface area contributed by atoms with Gasteiger partial charge in [-0.3, -0.25) is 26.2 Å². The number of hydrogen-bond donors (Lipinski definition) is 2. The summed E-state index contributed by atoms with van der Waals surface area (Å²) in [6, 6.07) is 11.9. The Balaban J connectivity index is 1.91. The second-order valence-corrected chi connectivity index (χ2v) is 4.55. The summed E-state index contributed by atoms with van der Waals surface area (Å²) in [4.78, 5) is 12.9. The molecule has 0 saturated carbocycles. The van der Waals surface area contributed by atoms with E-state index < -0.39 is 0 Å². The van der Waals surface area contributed by atoms with E-state index in [0.29, 0.717) is 0 Å². The van der Waals surface area contributed by atoms with Crippen LogP contribution in [0.25, 0.3) is 11.0 Å². The van der Waals surface area contributed by atoms with Crippen molar-refractivity contribution in [1.82, 2.24) is 20.4 Å². The number of nitrogens with one attached hydrogen (secondary N) is 1. The minimum absolute atomic E-state index is 0.00342. The van der Waals surface area contributed by atoms with E-state index in [1.165, 1.54) is 0 Å². The van der Waals surface area contributed by atoms with Gasteiger partial charge in [-0.2, -0.15) is 0 Å². The summed E-state index contributed by atoms with van der Waals surface area (Å²) >= 11 is 0. The lowest BCUT2D eigenvalue weighted by Gasteiger charge is -2.16. The molecule has 0 spiro atoms. The highest BCUT2D eigenvalue weighted by Crippen LogP contribution is 2.20. The highest BCUT2D eigenvalue weighted by atomic mass is 15.2. The standard InChI is InChI=1S/C15H15N5/c16-20-14(10-12-3-1-2-6-17-12)11-4-5-13-15(9-11)19-8-7-18-13/h1-9,14,20H,10,16H2. The van der Waals surface area contributed by atoms with Crippen molar-refractivity contribution in [3.05, 3.63) is 66.2 Å². The third-order valence-electron chi connectivity index (χ3n) is 3.24. The maximum absolute atomic E-state index is 5.68. The second kappa shape index (κ2) is 5.73. The summed E-state index contributed by atoms with van der Waals surface area (Å²) in [5.41, 5.74) is 6.66. The van der Waals surface area contributed by atoms with Gasteiger partial charge in [-0.25, -0.2) is 0 Å². The molecular weight excluding hydrogens is 250 g/mol. The molecule has 0 saturated heterocycles. The predicted molar refractivity (Wildman–Crippen MR) is 77.5 cm³/mol. The van der Waals surface area contributed by atoms with Crippen LogP contribution in [0, 0.1) is 0 Å². The lowest BCUT2D eigenvalue weighted by molar-refractivity contribution is 0.546. The Labute approximate surface area is 116 Å². The molecule has 1 unspecified atom stereocenters. The molecular formula is C15H15N5. The molecule has 0 fully saturated rings. The second-order valence-electron chi connectivity index (χ2n) is 4.55. The van der Waals surface area contributed by atoms with Gasteiger partial charge in [-0.15, -0.1) is 0 Å². The Bertz CT molecular complexity index is 699. The van der Waals surface area contributed by atoms with E-state index in [-0.39, 0.29) is 6.04 Å². The summed E-state index contributed by atoms with van der Waals surface area (Å²) in [6.45, 7) is 0. The van der Waals surface area contributed by atoms with Crippen molar-refractivity contribution >= 4 is 11.0 Å². The zero-order valence-corrected chi connectivity index (χ0v) is 10.9. The summed E-state index contributed by atoms with van der Waals surface area (Å²) in [5, 5.41) is 0. The van der Waals surface area contributed by atoms with E-state index in [4.69, 9.17) is 5.84 Å². The molecule has 0 aliphatic heterocycles. The van der Waals surface area contributed by atoms with Crippen molar-refractivity contribution in [2.75, 3.05) is 0 Å². The monoisotopic (exact) mass is 265 g/mol. The first kappa shape index (κ1) is 12.7. The quantitative estimate of drug-likeness (QED) is 0.555. The number of rotatable bonds is 4. The third-order valence-corrected chi connectivity index (χ3v) is 3.24. The fourth-order valence-electron chi connectivity index (χ4n) is 2.20. The summed E-state index contributed by atoms with van der Waals surface area (Å²) < 4.78 is 0. The molecule has 100 valence electrons. The van der Waals surface area contributed by atoms with Crippen LogP contribution in [0.2, 0.25) is 0 Å². The van der Waals surface area contributed by atoms with Crippen molar-refractivity contribution in [3.8, 4) is 0 Å². The van der Waals surface area contributed by atoms with Crippen LogP contribution in [-0.4, -0.2) is 15.0 Å². The Morgan fingerprint density at radius 2 is 1.80 bits per heavy atom. The lowest BCUT2D eigenvalue weighted by Crippen LogP contribution is -2.29. The molecule has 3 aromatic rings. The number of nitrogens with two attached hydrogens (primary N) is 1. The predicted octanol–water partition coefficient (Wildman–Crippen LogP) is 1.77. The smallest absolute Gasteiger partial charge is 0.0890 e. The van der Waals surface area contributed by atoms with E-state index in [9.17, 15) is 0 Å². The molecule has 1 atom stereocenters. The van der Waals surface area contributed by atoms with Gasteiger partial charge in [0.25, 0.3) is 0 Å². The van der Waals surface area contributed by atoms with E-state index >= 15 is 0 Å². The van der Waals surface area contributed by atoms with Crippen LogP contribution < -0.4 is 11.3 Å². The van der Waals surface area contributed by atoms with Gasteiger partial charge in [0.1, 0.15) is 0 Å². The zero-order valence-electron chi connectivity index (χ0n) is 10.9. The molecule has 2 heterocycles. The van der Waals surface area contributed by atoms with Crippen LogP contribution in [0.4, 0.5) is 0 Å². The van der Waals surface area contributed by atoms with Crippen molar-refractivity contribution in [2.24, 2.45) is 5.84 Å². The fraction of sp³-hybridized carbons (Fsp3) is 0.133. The van der Waals surface area contributed by atoms with Gasteiger partial charge >= 0.3 is 0 Å². The maximum atomic E-state index is 5.68. The number of hydrogen-bond acceptors (Lipinski definition) is 5. The van der Waals surface area contributed by atoms with Crippen LogP contribution in [0.5, 0.6) is 0 Å². The normalized spacial score (nSPS) is 12.4. The number of hydrazine groups is 1. The van der Waals surface area contributed by atoms with Gasteiger partial charge in [0.05, 0.1) is 17.1 Å². The Hall–Kier alpha value is -2.37. The number of fused-ring (bicyclic) bond motifs is 1. The number of pyridine rings is 1. The molecule has 0 aliphatic carbocycles. The van der Waals surface area contributed by atoms with Gasteiger partial charge in [-0.05, 0) is 29.8 Å². The largest absolute Gasteiger partial charge is 0.271 e. The summed E-state index contributed by atoms with van der Waals surface area (Å²) in [6.07, 6.45) is 5.89. The average Bonchev–Trinajstić information content (AvgIpc) is 2.53. The zero-order chi connectivity index (χ0) is 13.8. The third kappa shape index (κ3) is 2.64. The van der Waals surface area contributed by atoms with Crippen LogP contribution in [0.15, 0.2) is 55.0 Å². The first-order valence-electron chi connectivity index (χ1n) is 6.43. The van der Waals surface area contributed by atoms with Crippen LogP contribution in [0.3, 0.4) is 0 Å². The average molecular weight is 265 g/mol. The molecule has 3 rings (SSSR count). The Kier molecular flexibility index (Phi) is 3.62. The highest BCUT2D eigenvalue weighted by Gasteiger charge is 2.12. The molecule has 5 heteroatoms. The summed E-state index contributed by atoms with van der Waals surface area (Å²) in [7, 11) is 0. The topological polar surface area (TPSA) is 76.7 Å². The molecule has 0 aliphatic rings. The minimum atomic E-state index is -0.00342. The Morgan fingerprint density at radius 1 is 0.950 bits per heavy atom. The first-order valence-corrected chi connectivity index (χ1v) is 6.43. The lowest BCUT2D eigenvalue weighted by atomic mass is 10.0. The molecule has 5 nitrogen and oxygen atoms in total. The van der Waals surface area contributed by atoms with Crippen molar-refractivity contribution in [1.29, 1.82) is 0 Å². The van der Waals surface area contributed by atoms with E-state index in [1.54, 1.807) is 18.6 Å².